The maximum Gasteiger partial charge on any atom is 0.407 e. The van der Waals surface area contributed by atoms with E-state index < -0.39 is 35.5 Å². The Morgan fingerprint density at radius 1 is 0.820 bits per heavy atom. The van der Waals surface area contributed by atoms with E-state index in [4.69, 9.17) is 9.84 Å². The van der Waals surface area contributed by atoms with Crippen molar-refractivity contribution in [2.45, 2.75) is 59.1 Å². The number of hydrogen-bond donors (Lipinski definition) is 4. The van der Waals surface area contributed by atoms with Crippen LogP contribution in [-0.2, 0) is 43.1 Å². The van der Waals surface area contributed by atoms with Crippen LogP contribution in [0.1, 0.15) is 47.5 Å². The maximum atomic E-state index is 12.8. The van der Waals surface area contributed by atoms with E-state index in [0.29, 0.717) is 32.3 Å². The van der Waals surface area contributed by atoms with Crippen LogP contribution in [0.15, 0.2) is 0 Å². The average molecular weight is 961 g/mol. The zero-order chi connectivity index (χ0) is 38.7. The topological polar surface area (TPSA) is 235 Å². The number of nitrogens with zero attached hydrogens (tertiary/aromatic N) is 5. The molecule has 20 heteroatoms. The van der Waals surface area contributed by atoms with Crippen LogP contribution in [-0.4, -0.2) is 177 Å². The Morgan fingerprint density at radius 3 is 1.74 bits per heavy atom. The summed E-state index contributed by atoms with van der Waals surface area (Å²) in [6.07, 6.45) is 2.45. The summed E-state index contributed by atoms with van der Waals surface area (Å²) in [6.45, 7) is 9.81. The minimum atomic E-state index is -1.00. The molecule has 0 saturated carbocycles. The van der Waals surface area contributed by atoms with E-state index in [1.165, 1.54) is 42.3 Å². The number of carbonyl (C=O) groups excluding carboxylic acids is 8. The van der Waals surface area contributed by atoms with Crippen LogP contribution in [0.3, 0.4) is 0 Å². The number of nitrogens with one attached hydrogen (secondary N) is 3. The standard InChI is InChI=1S/C20H37N5O6.C6H11N2O2.C4H7NO3.Fm/c1-8-24(6)17(28)13-25(7)18(29)15(22-16(27)12-23(5)14-26)10-9-11-21-19(30)31-20(2,3)4;1-3-8(2)6(10)4-7-5-9;1-5(3-6)2-4(7)8;/h14-15H,8-13H2,1-7H3,(H,21,30)(H,22,27);3-4H2,1-2H3,(H,7,9);3H,2H2,1H3,(H,7,8);/q;-1;;. The molecule has 0 aromatic heterocycles. The molecule has 1 unspecified atom stereocenters. The molecule has 50 heavy (non-hydrogen) atoms. The minimum absolute atomic E-state index is 0. The Bertz CT molecular complexity index is 1080. The van der Waals surface area contributed by atoms with Gasteiger partial charge >= 0.3 is 12.1 Å². The molecule has 294 valence electrons. The molecule has 4 N–H and O–H groups in total. The van der Waals surface area contributed by atoms with Crippen LogP contribution < -0.4 is 16.0 Å². The number of hydrogen-bond acceptors (Lipinski definition) is 10. The van der Waals surface area contributed by atoms with Gasteiger partial charge in [-0.25, -0.2) is 4.79 Å². The Labute approximate surface area is 288 Å². The van der Waals surface area contributed by atoms with Gasteiger partial charge in [0.25, 0.3) is 0 Å². The molecule has 0 aromatic carbocycles. The van der Waals surface area contributed by atoms with Gasteiger partial charge in [-0.1, -0.05) is 0 Å². The van der Waals surface area contributed by atoms with Crippen LogP contribution in [0.25, 0.3) is 0 Å². The van der Waals surface area contributed by atoms with Crippen molar-refractivity contribution in [3.05, 3.63) is 0 Å². The quantitative estimate of drug-likeness (QED) is 0.0483. The summed E-state index contributed by atoms with van der Waals surface area (Å²) in [5.74, 6) is -2.27. The molecule has 0 spiro atoms. The summed E-state index contributed by atoms with van der Waals surface area (Å²) in [5, 5.41) is 15.4. The van der Waals surface area contributed by atoms with Gasteiger partial charge in [0.1, 0.15) is 18.2 Å². The first-order valence-electron chi connectivity index (χ1n) is 15.3. The molecular weight excluding hydrogens is 905 g/mol. The second kappa shape index (κ2) is 28.1. The second-order valence-electron chi connectivity index (χ2n) is 11.6. The van der Waals surface area contributed by atoms with E-state index in [1.54, 1.807) is 34.9 Å². The van der Waals surface area contributed by atoms with Crippen molar-refractivity contribution >= 4 is 54.9 Å². The Balaban J connectivity index is -0.000000453. The van der Waals surface area contributed by atoms with Crippen LogP contribution in [0.2, 0.25) is 0 Å². The van der Waals surface area contributed by atoms with Gasteiger partial charge in [0.2, 0.25) is 36.4 Å². The first kappa shape index (κ1) is 50.9. The van der Waals surface area contributed by atoms with E-state index in [1.807, 2.05) is 13.8 Å². The molecule has 0 aromatic rings. The van der Waals surface area contributed by atoms with Gasteiger partial charge in [-0.3, -0.25) is 33.6 Å². The fraction of sp³-hybridized carbons (Fsp3) is 0.700. The molecule has 0 heterocycles. The molecule has 19 nitrogen and oxygen atoms in total. The van der Waals surface area contributed by atoms with E-state index in [2.05, 4.69) is 16.0 Å². The van der Waals surface area contributed by atoms with Crippen molar-refractivity contribution in [3.63, 3.8) is 0 Å². The third-order valence-corrected chi connectivity index (χ3v) is 5.97. The number of aliphatic carboxylic acids is 1. The van der Waals surface area contributed by atoms with Crippen LogP contribution in [0, 0.1) is 0 Å². The molecular formula is C30H55FmN8O11-. The summed E-state index contributed by atoms with van der Waals surface area (Å²) >= 11 is 0. The fourth-order valence-corrected chi connectivity index (χ4v) is 3.09. The second-order valence-corrected chi connectivity index (χ2v) is 11.6. The van der Waals surface area contributed by atoms with Crippen LogP contribution in [0.5, 0.6) is 0 Å². The van der Waals surface area contributed by atoms with Crippen LogP contribution in [0.4, 0.5) is 4.79 Å². The molecule has 8 amide bonds. The number of carboxylic acids is 1. The largest absolute Gasteiger partial charge is 0.522 e. The number of alkyl carbamates (subject to hydrolysis) is 1. The molecule has 1 atom stereocenters. The summed E-state index contributed by atoms with van der Waals surface area (Å²) in [7, 11) is 7.65. The zero-order valence-electron chi connectivity index (χ0n) is 30.7. The number of carbonyl (C=O) groups is 8. The summed E-state index contributed by atoms with van der Waals surface area (Å²) in [5.41, 5.74) is -0.623. The third-order valence-electron chi connectivity index (χ3n) is 5.97. The van der Waals surface area contributed by atoms with Gasteiger partial charge in [0, 0.05) is 54.9 Å². The monoisotopic (exact) mass is 960 g/mol. The number of rotatable bonds is 19. The van der Waals surface area contributed by atoms with E-state index in [9.17, 15) is 43.2 Å². The van der Waals surface area contributed by atoms with Gasteiger partial charge in [-0.2, -0.15) is 6.41 Å². The maximum absolute atomic E-state index is 12.8. The van der Waals surface area contributed by atoms with E-state index >= 15 is 0 Å². The van der Waals surface area contributed by atoms with Gasteiger partial charge in [-0.05, 0) is 47.5 Å². The molecule has 0 aliphatic carbocycles. The Kier molecular flexibility index (Phi) is 28.6. The normalized spacial score (nSPS) is 10.3. The van der Waals surface area contributed by atoms with Crippen molar-refractivity contribution in [1.82, 2.24) is 40.4 Å². The van der Waals surface area contributed by atoms with Crippen molar-refractivity contribution in [2.75, 3.05) is 81.1 Å². The first-order chi connectivity index (χ1) is 22.7. The minimum Gasteiger partial charge on any atom is -0.522 e. The summed E-state index contributed by atoms with van der Waals surface area (Å²) < 4.78 is 5.15. The summed E-state index contributed by atoms with van der Waals surface area (Å²) in [6, 6.07) is -0.905. The molecule has 0 saturated heterocycles. The van der Waals surface area contributed by atoms with Gasteiger partial charge in [0.15, 0.2) is 0 Å². The van der Waals surface area contributed by atoms with Crippen molar-refractivity contribution in [1.29, 1.82) is 0 Å². The van der Waals surface area contributed by atoms with Crippen LogP contribution >= 0.6 is 0 Å². The predicted octanol–water partition coefficient (Wildman–Crippen LogP) is -1.92. The number of ether oxygens (including phenoxy) is 1. The van der Waals surface area contributed by atoms with Gasteiger partial charge in [0.05, 0.1) is 19.6 Å². The molecule has 0 bridgehead atoms. The van der Waals surface area contributed by atoms with Gasteiger partial charge in [-0.15, -0.1) is 0 Å². The Morgan fingerprint density at radius 2 is 1.32 bits per heavy atom. The van der Waals surface area contributed by atoms with Gasteiger partial charge < -0.3 is 55.1 Å². The number of amides is 8. The third kappa shape index (κ3) is 28.3. The average Bonchev–Trinajstić information content (AvgIpc) is 3.02. The Hall–Kier alpha value is -5.97. The van der Waals surface area contributed by atoms with Crippen molar-refractivity contribution < 1.29 is 53.0 Å². The van der Waals surface area contributed by atoms with E-state index in [-0.39, 0.29) is 51.0 Å². The van der Waals surface area contributed by atoms with Crippen molar-refractivity contribution in [3.8, 4) is 0 Å². The molecule has 0 aliphatic rings. The molecule has 0 aliphatic heterocycles. The van der Waals surface area contributed by atoms with Crippen molar-refractivity contribution in [2.24, 2.45) is 0 Å². The smallest absolute Gasteiger partial charge is 0.407 e. The predicted molar refractivity (Wildman–Crippen MR) is 178 cm³/mol. The fourth-order valence-electron chi connectivity index (χ4n) is 3.09. The zero-order valence-corrected chi connectivity index (χ0v) is 33.1. The molecule has 0 rings (SSSR count). The number of likely N-dealkylation sites (N-methyl/N-ethyl adjacent to an activating group) is 5. The molecule has 0 radical (unpaired) electrons. The number of carboxylic acid groups (broad SMARTS) is 1. The SMILES string of the molecule is CCN(C)C(=O)CN(C)C(=O)C(CCCNC(=O)OC(C)(C)C)NC(=O)CN(C)C=O.CCN(C)C(=O)CN[C-]=O.CN(C=O)CC(=O)O.[Fm]. The molecule has 0 fully saturated rings. The van der Waals surface area contributed by atoms with E-state index in [0.717, 1.165) is 9.80 Å². The summed E-state index contributed by atoms with van der Waals surface area (Å²) in [4.78, 5) is 106. The first-order valence-corrected chi connectivity index (χ1v) is 15.3.